The SMILES string of the molecule is COC1=CC=C2C(C)NCCC2(c2c(C)ccc(OC)c2O)C1. The molecule has 0 saturated carbocycles. The molecule has 1 fully saturated rings. The number of methoxy groups -OCH3 is 2. The monoisotopic (exact) mass is 315 g/mol. The molecular weight excluding hydrogens is 290 g/mol. The second kappa shape index (κ2) is 5.93. The van der Waals surface area contributed by atoms with Crippen LogP contribution in [0.5, 0.6) is 11.5 Å². The number of aromatic hydroxyl groups is 1. The van der Waals surface area contributed by atoms with Crippen molar-refractivity contribution in [3.05, 3.63) is 46.7 Å². The third-order valence-electron chi connectivity index (χ3n) is 5.26. The molecule has 2 atom stereocenters. The Hall–Kier alpha value is -1.94. The fraction of sp³-hybridized carbons (Fsp3) is 0.474. The highest BCUT2D eigenvalue weighted by atomic mass is 16.5. The maximum absolute atomic E-state index is 10.9. The van der Waals surface area contributed by atoms with Crippen molar-refractivity contribution in [2.75, 3.05) is 20.8 Å². The number of fused-ring (bicyclic) bond motifs is 1. The topological polar surface area (TPSA) is 50.7 Å². The molecule has 1 aliphatic heterocycles. The zero-order valence-electron chi connectivity index (χ0n) is 14.3. The molecule has 0 radical (unpaired) electrons. The lowest BCUT2D eigenvalue weighted by Crippen LogP contribution is -2.49. The third kappa shape index (κ3) is 2.41. The summed E-state index contributed by atoms with van der Waals surface area (Å²) in [5.41, 5.74) is 3.11. The molecule has 0 bridgehead atoms. The fourth-order valence-corrected chi connectivity index (χ4v) is 4.14. The van der Waals surface area contributed by atoms with E-state index in [-0.39, 0.29) is 17.2 Å². The van der Waals surface area contributed by atoms with E-state index in [0.29, 0.717) is 5.75 Å². The average Bonchev–Trinajstić information content (AvgIpc) is 2.54. The number of hydrogen-bond acceptors (Lipinski definition) is 4. The summed E-state index contributed by atoms with van der Waals surface area (Å²) in [6.45, 7) is 5.14. The molecule has 4 heteroatoms. The molecule has 3 rings (SSSR count). The van der Waals surface area contributed by atoms with E-state index in [1.807, 2.05) is 18.2 Å². The largest absolute Gasteiger partial charge is 0.504 e. The molecule has 2 aliphatic rings. The molecule has 23 heavy (non-hydrogen) atoms. The summed E-state index contributed by atoms with van der Waals surface area (Å²) < 4.78 is 10.9. The van der Waals surface area contributed by atoms with Crippen LogP contribution in [0.1, 0.15) is 30.9 Å². The van der Waals surface area contributed by atoms with Gasteiger partial charge < -0.3 is 19.9 Å². The number of nitrogens with one attached hydrogen (secondary N) is 1. The van der Waals surface area contributed by atoms with E-state index in [0.717, 1.165) is 36.3 Å². The van der Waals surface area contributed by atoms with Crippen LogP contribution in [0.25, 0.3) is 0 Å². The van der Waals surface area contributed by atoms with Gasteiger partial charge in [0.2, 0.25) is 0 Å². The molecule has 2 N–H and O–H groups in total. The Labute approximate surface area is 137 Å². The fourth-order valence-electron chi connectivity index (χ4n) is 4.14. The Morgan fingerprint density at radius 1 is 1.22 bits per heavy atom. The minimum atomic E-state index is -0.243. The summed E-state index contributed by atoms with van der Waals surface area (Å²) in [6, 6.07) is 4.12. The molecule has 1 heterocycles. The van der Waals surface area contributed by atoms with Crippen molar-refractivity contribution >= 4 is 0 Å². The van der Waals surface area contributed by atoms with Gasteiger partial charge in [0, 0.05) is 23.4 Å². The number of rotatable bonds is 3. The van der Waals surface area contributed by atoms with E-state index in [1.54, 1.807) is 14.2 Å². The van der Waals surface area contributed by atoms with Crippen LogP contribution in [-0.4, -0.2) is 31.9 Å². The number of aryl methyl sites for hydroxylation is 1. The first kappa shape index (κ1) is 15.9. The molecule has 0 aromatic heterocycles. The van der Waals surface area contributed by atoms with Crippen LogP contribution in [0.2, 0.25) is 0 Å². The van der Waals surface area contributed by atoms with Gasteiger partial charge in [0.25, 0.3) is 0 Å². The maximum atomic E-state index is 10.9. The molecule has 0 spiro atoms. The summed E-state index contributed by atoms with van der Waals surface area (Å²) >= 11 is 0. The summed E-state index contributed by atoms with van der Waals surface area (Å²) in [4.78, 5) is 0. The van der Waals surface area contributed by atoms with Crippen LogP contribution in [0.4, 0.5) is 0 Å². The van der Waals surface area contributed by atoms with Gasteiger partial charge in [-0.1, -0.05) is 12.1 Å². The summed E-state index contributed by atoms with van der Waals surface area (Å²) in [5, 5.41) is 14.4. The van der Waals surface area contributed by atoms with E-state index in [4.69, 9.17) is 9.47 Å². The molecule has 4 nitrogen and oxygen atoms in total. The molecule has 2 unspecified atom stereocenters. The Bertz CT molecular complexity index is 677. The van der Waals surface area contributed by atoms with Crippen molar-refractivity contribution in [3.8, 4) is 11.5 Å². The first-order valence-corrected chi connectivity index (χ1v) is 8.09. The van der Waals surface area contributed by atoms with Crippen LogP contribution >= 0.6 is 0 Å². The molecule has 0 amide bonds. The Morgan fingerprint density at radius 3 is 2.70 bits per heavy atom. The van der Waals surface area contributed by atoms with Crippen molar-refractivity contribution in [2.45, 2.75) is 38.1 Å². The number of phenolic OH excluding ortho intramolecular Hbond substituents is 1. The smallest absolute Gasteiger partial charge is 0.162 e. The van der Waals surface area contributed by atoms with Gasteiger partial charge in [-0.05, 0) is 50.1 Å². The van der Waals surface area contributed by atoms with Crippen LogP contribution in [0.15, 0.2) is 35.6 Å². The van der Waals surface area contributed by atoms with Crippen LogP contribution in [0, 0.1) is 6.92 Å². The zero-order chi connectivity index (χ0) is 16.6. The van der Waals surface area contributed by atoms with Gasteiger partial charge in [0.15, 0.2) is 11.5 Å². The van der Waals surface area contributed by atoms with Gasteiger partial charge in [0.05, 0.1) is 20.0 Å². The molecule has 1 aromatic carbocycles. The van der Waals surface area contributed by atoms with Crippen molar-refractivity contribution in [3.63, 3.8) is 0 Å². The maximum Gasteiger partial charge on any atom is 0.162 e. The van der Waals surface area contributed by atoms with E-state index in [1.165, 1.54) is 5.57 Å². The highest BCUT2D eigenvalue weighted by Gasteiger charge is 2.46. The quantitative estimate of drug-likeness (QED) is 0.899. The number of benzene rings is 1. The second-order valence-corrected chi connectivity index (χ2v) is 6.45. The van der Waals surface area contributed by atoms with Crippen molar-refractivity contribution < 1.29 is 14.6 Å². The van der Waals surface area contributed by atoms with Gasteiger partial charge in [-0.25, -0.2) is 0 Å². The Kier molecular flexibility index (Phi) is 4.11. The number of phenols is 1. The van der Waals surface area contributed by atoms with Crippen LogP contribution in [0.3, 0.4) is 0 Å². The molecule has 1 saturated heterocycles. The van der Waals surface area contributed by atoms with Gasteiger partial charge in [-0.15, -0.1) is 0 Å². The van der Waals surface area contributed by atoms with E-state index >= 15 is 0 Å². The van der Waals surface area contributed by atoms with Crippen molar-refractivity contribution in [1.29, 1.82) is 0 Å². The lowest BCUT2D eigenvalue weighted by atomic mass is 9.62. The van der Waals surface area contributed by atoms with Crippen LogP contribution < -0.4 is 10.1 Å². The normalized spacial score (nSPS) is 26.9. The van der Waals surface area contributed by atoms with E-state index in [2.05, 4.69) is 25.2 Å². The molecular formula is C19H25NO3. The highest BCUT2D eigenvalue weighted by Crippen LogP contribution is 2.52. The van der Waals surface area contributed by atoms with E-state index in [9.17, 15) is 5.11 Å². The summed E-state index contributed by atoms with van der Waals surface area (Å²) in [6.07, 6.45) is 5.88. The van der Waals surface area contributed by atoms with E-state index < -0.39 is 0 Å². The van der Waals surface area contributed by atoms with Crippen LogP contribution in [-0.2, 0) is 10.2 Å². The summed E-state index contributed by atoms with van der Waals surface area (Å²) in [5.74, 6) is 1.73. The zero-order valence-corrected chi connectivity index (χ0v) is 14.3. The predicted molar refractivity (Wildman–Crippen MR) is 90.9 cm³/mol. The van der Waals surface area contributed by atoms with Gasteiger partial charge in [-0.2, -0.15) is 0 Å². The third-order valence-corrected chi connectivity index (χ3v) is 5.26. The lowest BCUT2D eigenvalue weighted by Gasteiger charge is -2.46. The number of allylic oxidation sites excluding steroid dienone is 3. The standard InChI is InChI=1S/C19H25NO3/c1-12-5-8-16(23-4)18(21)17(12)19-9-10-20-13(2)15(19)7-6-14(11-19)22-3/h5-8,13,20-21H,9-11H2,1-4H3. The molecule has 1 aromatic rings. The average molecular weight is 315 g/mol. The summed E-state index contributed by atoms with van der Waals surface area (Å²) in [7, 11) is 3.30. The minimum Gasteiger partial charge on any atom is -0.504 e. The van der Waals surface area contributed by atoms with Crippen molar-refractivity contribution in [2.24, 2.45) is 0 Å². The van der Waals surface area contributed by atoms with Gasteiger partial charge in [-0.3, -0.25) is 0 Å². The number of hydrogen-bond donors (Lipinski definition) is 2. The second-order valence-electron chi connectivity index (χ2n) is 6.45. The predicted octanol–water partition coefficient (Wildman–Crippen LogP) is 3.19. The number of ether oxygens (including phenoxy) is 2. The Morgan fingerprint density at radius 2 is 2.00 bits per heavy atom. The Balaban J connectivity index is 2.23. The van der Waals surface area contributed by atoms with Crippen molar-refractivity contribution in [1.82, 2.24) is 5.32 Å². The lowest BCUT2D eigenvalue weighted by molar-refractivity contribution is 0.230. The minimum absolute atomic E-state index is 0.243. The molecule has 124 valence electrons. The van der Waals surface area contributed by atoms with Gasteiger partial charge >= 0.3 is 0 Å². The first-order chi connectivity index (χ1) is 11.0. The first-order valence-electron chi connectivity index (χ1n) is 8.09. The van der Waals surface area contributed by atoms with Gasteiger partial charge in [0.1, 0.15) is 0 Å². The highest BCUT2D eigenvalue weighted by molar-refractivity contribution is 5.59. The number of piperidine rings is 1. The molecule has 1 aliphatic carbocycles.